The molecule has 1 fully saturated rings. The molecule has 6 heteroatoms. The molecule has 0 amide bonds. The van der Waals surface area contributed by atoms with Gasteiger partial charge in [0.05, 0.1) is 11.9 Å². The highest BCUT2D eigenvalue weighted by Gasteiger charge is 2.27. The topological polar surface area (TPSA) is 83.0 Å². The van der Waals surface area contributed by atoms with Gasteiger partial charge >= 0.3 is 5.97 Å². The Labute approximate surface area is 113 Å². The largest absolute Gasteiger partial charge is 0.461 e. The van der Waals surface area contributed by atoms with Crippen LogP contribution in [0, 0.1) is 11.8 Å². The van der Waals surface area contributed by atoms with Crippen molar-refractivity contribution in [1.82, 2.24) is 15.0 Å². The Bertz CT molecular complexity index is 432. The molecule has 1 aromatic rings. The Hall–Kier alpha value is -1.43. The molecule has 1 heterocycles. The lowest BCUT2D eigenvalue weighted by atomic mass is 9.80. The van der Waals surface area contributed by atoms with E-state index in [1.165, 1.54) is 4.68 Å². The number of ether oxygens (including phenoxy) is 1. The van der Waals surface area contributed by atoms with Crippen LogP contribution in [0.25, 0.3) is 0 Å². The number of hydrogen-bond donors (Lipinski definition) is 1. The Balaban J connectivity index is 1.81. The summed E-state index contributed by atoms with van der Waals surface area (Å²) < 4.78 is 6.97. The molecule has 2 N–H and O–H groups in total. The molecule has 0 bridgehead atoms. The van der Waals surface area contributed by atoms with Gasteiger partial charge in [-0.25, -0.2) is 4.68 Å². The second-order valence-corrected chi connectivity index (χ2v) is 5.49. The summed E-state index contributed by atoms with van der Waals surface area (Å²) in [5, 5.41) is 7.67. The van der Waals surface area contributed by atoms with Crippen LogP contribution in [0.2, 0.25) is 0 Å². The van der Waals surface area contributed by atoms with Crippen molar-refractivity contribution in [3.63, 3.8) is 0 Å². The third-order valence-corrected chi connectivity index (χ3v) is 3.93. The smallest absolute Gasteiger partial charge is 0.328 e. The third kappa shape index (κ3) is 3.76. The number of carbonyl (C=O) groups excluding carboxylic acids is 1. The molecule has 1 saturated carbocycles. The zero-order chi connectivity index (χ0) is 13.8. The van der Waals surface area contributed by atoms with Crippen molar-refractivity contribution >= 4 is 5.97 Å². The normalized spacial score (nSPS) is 27.2. The zero-order valence-electron chi connectivity index (χ0n) is 11.6. The van der Waals surface area contributed by atoms with Gasteiger partial charge in [-0.2, -0.15) is 0 Å². The molecule has 3 unspecified atom stereocenters. The van der Waals surface area contributed by atoms with Crippen LogP contribution < -0.4 is 5.73 Å². The third-order valence-electron chi connectivity index (χ3n) is 3.93. The summed E-state index contributed by atoms with van der Waals surface area (Å²) in [6.07, 6.45) is 4.77. The molecule has 106 valence electrons. The van der Waals surface area contributed by atoms with Gasteiger partial charge in [-0.15, -0.1) is 5.10 Å². The lowest BCUT2D eigenvalue weighted by Gasteiger charge is -2.31. The van der Waals surface area contributed by atoms with Gasteiger partial charge in [0.1, 0.15) is 12.6 Å². The zero-order valence-corrected chi connectivity index (χ0v) is 11.6. The summed E-state index contributed by atoms with van der Waals surface area (Å²) >= 11 is 0. The second-order valence-electron chi connectivity index (χ2n) is 5.49. The van der Waals surface area contributed by atoms with E-state index in [0.717, 1.165) is 25.2 Å². The van der Waals surface area contributed by atoms with Crippen molar-refractivity contribution in [2.24, 2.45) is 17.6 Å². The van der Waals surface area contributed by atoms with E-state index in [1.54, 1.807) is 6.20 Å². The van der Waals surface area contributed by atoms with Crippen LogP contribution in [0.3, 0.4) is 0 Å². The molecule has 2 rings (SSSR count). The first-order valence-electron chi connectivity index (χ1n) is 6.87. The van der Waals surface area contributed by atoms with Crippen LogP contribution in [0.4, 0.5) is 0 Å². The molecule has 1 aromatic heterocycles. The van der Waals surface area contributed by atoms with Gasteiger partial charge in [0.2, 0.25) is 0 Å². The van der Waals surface area contributed by atoms with E-state index in [9.17, 15) is 4.79 Å². The number of hydrogen-bond acceptors (Lipinski definition) is 5. The van der Waals surface area contributed by atoms with E-state index >= 15 is 0 Å². The minimum atomic E-state index is -0.250. The van der Waals surface area contributed by atoms with Crippen LogP contribution in [0.15, 0.2) is 6.20 Å². The minimum absolute atomic E-state index is 0.0520. The van der Waals surface area contributed by atoms with Crippen molar-refractivity contribution in [2.45, 2.75) is 52.3 Å². The van der Waals surface area contributed by atoms with E-state index in [1.807, 2.05) is 0 Å². The highest BCUT2D eigenvalue weighted by atomic mass is 16.5. The minimum Gasteiger partial charge on any atom is -0.461 e. The Morgan fingerprint density at radius 1 is 1.47 bits per heavy atom. The predicted octanol–water partition coefficient (Wildman–Crippen LogP) is 1.10. The molecule has 3 atom stereocenters. The molecule has 1 aliphatic carbocycles. The van der Waals surface area contributed by atoms with Crippen LogP contribution in [0.5, 0.6) is 0 Å². The molecule has 0 spiro atoms. The molecule has 1 aliphatic rings. The maximum Gasteiger partial charge on any atom is 0.328 e. The Morgan fingerprint density at radius 3 is 2.89 bits per heavy atom. The second kappa shape index (κ2) is 6.14. The monoisotopic (exact) mass is 266 g/mol. The number of nitrogens with zero attached hydrogens (tertiary/aromatic N) is 3. The molecule has 0 aliphatic heterocycles. The molecular weight excluding hydrogens is 244 g/mol. The fourth-order valence-electron chi connectivity index (χ4n) is 2.47. The van der Waals surface area contributed by atoms with E-state index in [4.69, 9.17) is 10.5 Å². The van der Waals surface area contributed by atoms with Gasteiger partial charge in [-0.05, 0) is 31.1 Å². The summed E-state index contributed by atoms with van der Waals surface area (Å²) in [6.45, 7) is 4.91. The summed E-state index contributed by atoms with van der Waals surface area (Å²) in [4.78, 5) is 11.8. The highest BCUT2D eigenvalue weighted by molar-refractivity contribution is 5.69. The molecule has 0 radical (unpaired) electrons. The quantitative estimate of drug-likeness (QED) is 0.825. The average molecular weight is 266 g/mol. The van der Waals surface area contributed by atoms with Gasteiger partial charge < -0.3 is 10.5 Å². The van der Waals surface area contributed by atoms with Crippen LogP contribution in [-0.2, 0) is 22.6 Å². The molecule has 19 heavy (non-hydrogen) atoms. The van der Waals surface area contributed by atoms with E-state index in [-0.39, 0.29) is 18.6 Å². The molecule has 6 nitrogen and oxygen atoms in total. The summed E-state index contributed by atoms with van der Waals surface area (Å²) in [5.41, 5.74) is 6.11. The van der Waals surface area contributed by atoms with E-state index in [2.05, 4.69) is 24.2 Å². The van der Waals surface area contributed by atoms with Crippen molar-refractivity contribution in [3.05, 3.63) is 11.9 Å². The van der Waals surface area contributed by atoms with Crippen molar-refractivity contribution in [1.29, 1.82) is 0 Å². The fourth-order valence-corrected chi connectivity index (χ4v) is 2.47. The van der Waals surface area contributed by atoms with E-state index in [0.29, 0.717) is 18.2 Å². The summed E-state index contributed by atoms with van der Waals surface area (Å²) in [7, 11) is 0. The Morgan fingerprint density at radius 2 is 2.26 bits per heavy atom. The summed E-state index contributed by atoms with van der Waals surface area (Å²) in [6, 6.07) is 0. The number of rotatable bonds is 4. The molecular formula is C13H22N4O2. The number of nitrogens with two attached hydrogens (primary N) is 1. The molecule has 0 aromatic carbocycles. The summed E-state index contributed by atoms with van der Waals surface area (Å²) in [5.74, 6) is 1.08. The van der Waals surface area contributed by atoms with Crippen molar-refractivity contribution in [3.8, 4) is 0 Å². The standard InChI is InChI=1S/C13H22N4O2/c1-9-3-4-12(5-10(9)2)19-13(18)8-17-7-11(6-14)15-16-17/h7,9-10,12H,3-6,8,14H2,1-2H3. The lowest BCUT2D eigenvalue weighted by molar-refractivity contribution is -0.152. The Kier molecular flexibility index (Phi) is 4.52. The molecule has 0 saturated heterocycles. The lowest BCUT2D eigenvalue weighted by Crippen LogP contribution is -2.30. The van der Waals surface area contributed by atoms with Gasteiger partial charge in [-0.3, -0.25) is 4.79 Å². The van der Waals surface area contributed by atoms with Crippen LogP contribution in [0.1, 0.15) is 38.8 Å². The van der Waals surface area contributed by atoms with Crippen molar-refractivity contribution < 1.29 is 9.53 Å². The SMILES string of the molecule is CC1CCC(OC(=O)Cn2cc(CN)nn2)CC1C. The van der Waals surface area contributed by atoms with Gasteiger partial charge in [0, 0.05) is 6.54 Å². The van der Waals surface area contributed by atoms with Crippen LogP contribution >= 0.6 is 0 Å². The van der Waals surface area contributed by atoms with Gasteiger partial charge in [-0.1, -0.05) is 19.1 Å². The predicted molar refractivity (Wildman–Crippen MR) is 70.0 cm³/mol. The first kappa shape index (κ1) is 14.0. The maximum absolute atomic E-state index is 11.8. The van der Waals surface area contributed by atoms with Crippen molar-refractivity contribution in [2.75, 3.05) is 0 Å². The number of carbonyl (C=O) groups is 1. The number of esters is 1. The highest BCUT2D eigenvalue weighted by Crippen LogP contribution is 2.30. The number of aromatic nitrogens is 3. The van der Waals surface area contributed by atoms with Gasteiger partial charge in [0.25, 0.3) is 0 Å². The maximum atomic E-state index is 11.8. The van der Waals surface area contributed by atoms with Crippen LogP contribution in [-0.4, -0.2) is 27.1 Å². The van der Waals surface area contributed by atoms with E-state index < -0.39 is 0 Å². The fraction of sp³-hybridized carbons (Fsp3) is 0.769. The first-order chi connectivity index (χ1) is 9.08. The van der Waals surface area contributed by atoms with Gasteiger partial charge in [0.15, 0.2) is 0 Å². The average Bonchev–Trinajstić information content (AvgIpc) is 2.81. The first-order valence-corrected chi connectivity index (χ1v) is 6.87.